The summed E-state index contributed by atoms with van der Waals surface area (Å²) in [5, 5.41) is 8.67. The Bertz CT molecular complexity index is 1270. The van der Waals surface area contributed by atoms with Crippen LogP contribution < -0.4 is 25.7 Å². The Labute approximate surface area is 355 Å². The number of rotatable bonds is 25. The standard InChI is InChI=1S/2C13H26NO4.C12H22N3O6PS/c2*1-6-14(7-2,8-3)9-13(18-12(5)16)10-17-11(4)15;16-10(13-5-6-21-22(18,19)20)4-2-1-3-9-11-8(7-23-9)14-12(17)15-11/h2*13H,6-10H2,1-5H3;8-9,11H,1-7H2,(H,13,16)(H2,14,15,17)(H2,18,19,20)/q2*+1;/p-2/t;;8-,9?,11-/m..0/s1. The van der Waals surface area contributed by atoms with Gasteiger partial charge in [0.25, 0.3) is 0 Å². The fourth-order valence-corrected chi connectivity index (χ4v) is 8.69. The molecule has 2 rings (SSSR count). The van der Waals surface area contributed by atoms with Crippen molar-refractivity contribution in [1.82, 2.24) is 16.0 Å². The summed E-state index contributed by atoms with van der Waals surface area (Å²) in [6.07, 6.45) is 2.11. The first-order chi connectivity index (χ1) is 27.6. The molecule has 0 radical (unpaired) electrons. The number of nitrogens with zero attached hydrogens (tertiary/aromatic N) is 2. The molecule has 59 heavy (non-hydrogen) atoms. The normalized spacial score (nSPS) is 18.2. The zero-order valence-corrected chi connectivity index (χ0v) is 38.6. The number of hydrogen-bond donors (Lipinski definition) is 3. The third-order valence-electron chi connectivity index (χ3n) is 10.6. The van der Waals surface area contributed by atoms with Crippen LogP contribution in [0, 0.1) is 0 Å². The molecular weight excluding hydrogens is 813 g/mol. The van der Waals surface area contributed by atoms with Crippen molar-refractivity contribution in [3.05, 3.63) is 0 Å². The average Bonchev–Trinajstić information content (AvgIpc) is 3.73. The quantitative estimate of drug-likeness (QED) is 0.0293. The van der Waals surface area contributed by atoms with Crippen molar-refractivity contribution in [2.75, 3.05) is 84.5 Å². The van der Waals surface area contributed by atoms with Gasteiger partial charge in [-0.15, -0.1) is 0 Å². The van der Waals surface area contributed by atoms with Crippen LogP contribution in [0.2, 0.25) is 0 Å². The molecule has 0 aromatic rings. The predicted octanol–water partition coefficient (Wildman–Crippen LogP) is 1.39. The van der Waals surface area contributed by atoms with Crippen LogP contribution >= 0.6 is 19.6 Å². The van der Waals surface area contributed by atoms with E-state index in [4.69, 9.17) is 18.9 Å². The number of fused-ring (bicyclic) bond motifs is 1. The lowest BCUT2D eigenvalue weighted by molar-refractivity contribution is -0.925. The highest BCUT2D eigenvalue weighted by Crippen LogP contribution is 2.33. The molecule has 21 heteroatoms. The molecule has 0 saturated carbocycles. The number of thioether (sulfide) groups is 1. The van der Waals surface area contributed by atoms with Gasteiger partial charge in [-0.25, -0.2) is 4.79 Å². The Balaban J connectivity index is 0.000000868. The van der Waals surface area contributed by atoms with Crippen molar-refractivity contribution in [1.29, 1.82) is 0 Å². The molecule has 2 saturated heterocycles. The van der Waals surface area contributed by atoms with Crippen LogP contribution in [0.3, 0.4) is 0 Å². The van der Waals surface area contributed by atoms with Gasteiger partial charge in [-0.2, -0.15) is 11.8 Å². The molecule has 2 aliphatic rings. The lowest BCUT2D eigenvalue weighted by Gasteiger charge is -2.38. The molecule has 19 nitrogen and oxygen atoms in total. The van der Waals surface area contributed by atoms with Crippen molar-refractivity contribution >= 4 is 55.4 Å². The summed E-state index contributed by atoms with van der Waals surface area (Å²) in [4.78, 5) is 87.1. The lowest BCUT2D eigenvalue weighted by atomic mass is 10.0. The molecular formula is C38H72N5O14PS. The maximum absolute atomic E-state index is 11.5. The number of likely N-dealkylation sites (N-methyl/N-ethyl adjacent to an activating group) is 2. The minimum absolute atomic E-state index is 0.00671. The fourth-order valence-electron chi connectivity index (χ4n) is 6.83. The number of phosphoric ester groups is 1. The zero-order chi connectivity index (χ0) is 45.2. The molecule has 2 heterocycles. The van der Waals surface area contributed by atoms with E-state index in [1.165, 1.54) is 27.7 Å². The number of urea groups is 1. The SMILES string of the molecule is CC[N+](CC)(CC)CC(COC(C)=O)OC(C)=O.CC[N+](CC)(CC)CC(COC(C)=O)OC(C)=O.O=C(CCCCC1SC[C@@H]2NC(=O)N[C@H]12)NCCOP(=O)([O-])[O-]. The average molecular weight is 886 g/mol. The van der Waals surface area contributed by atoms with Gasteiger partial charge in [0, 0.05) is 51.7 Å². The van der Waals surface area contributed by atoms with E-state index < -0.39 is 7.82 Å². The summed E-state index contributed by atoms with van der Waals surface area (Å²) in [7, 11) is -4.97. The van der Waals surface area contributed by atoms with Gasteiger partial charge in [-0.1, -0.05) is 6.42 Å². The first-order valence-corrected chi connectivity index (χ1v) is 23.1. The van der Waals surface area contributed by atoms with Crippen LogP contribution in [0.15, 0.2) is 0 Å². The number of phosphoric acid groups is 1. The molecule has 3 unspecified atom stereocenters. The Kier molecular flexibility index (Phi) is 27.8. The van der Waals surface area contributed by atoms with Crippen molar-refractivity contribution < 1.29 is 75.6 Å². The third kappa shape index (κ3) is 24.8. The van der Waals surface area contributed by atoms with E-state index in [1.54, 1.807) is 0 Å². The van der Waals surface area contributed by atoms with Crippen LogP contribution in [0.4, 0.5) is 4.79 Å². The van der Waals surface area contributed by atoms with E-state index in [0.29, 0.717) is 31.2 Å². The van der Waals surface area contributed by atoms with Crippen LogP contribution in [-0.4, -0.2) is 159 Å². The molecule has 0 aromatic heterocycles. The molecule has 5 atom stereocenters. The van der Waals surface area contributed by atoms with Gasteiger partial charge in [0.05, 0.1) is 65.8 Å². The number of carbonyl (C=O) groups is 6. The Hall–Kier alpha value is -3.00. The Morgan fingerprint density at radius 2 is 1.22 bits per heavy atom. The van der Waals surface area contributed by atoms with Crippen molar-refractivity contribution in [3.63, 3.8) is 0 Å². The number of nitrogens with one attached hydrogen (secondary N) is 3. The first kappa shape index (κ1) is 56.0. The van der Waals surface area contributed by atoms with Gasteiger partial charge in [0.1, 0.15) is 26.3 Å². The summed E-state index contributed by atoms with van der Waals surface area (Å²) in [6, 6.07) is 0.278. The second-order valence-corrected chi connectivity index (χ2v) is 16.9. The Morgan fingerprint density at radius 3 is 1.61 bits per heavy atom. The molecule has 344 valence electrons. The van der Waals surface area contributed by atoms with Gasteiger partial charge in [0.2, 0.25) is 5.91 Å². The number of unbranched alkanes of at least 4 members (excludes halogenated alkanes) is 1. The monoisotopic (exact) mass is 885 g/mol. The van der Waals surface area contributed by atoms with E-state index >= 15 is 0 Å². The van der Waals surface area contributed by atoms with Gasteiger partial charge < -0.3 is 62.7 Å². The fraction of sp³-hybridized carbons (Fsp3) is 0.842. The number of amides is 3. The molecule has 0 aromatic carbocycles. The number of esters is 4. The summed E-state index contributed by atoms with van der Waals surface area (Å²) < 4.78 is 36.3. The van der Waals surface area contributed by atoms with Crippen molar-refractivity contribution in [2.45, 2.75) is 124 Å². The summed E-state index contributed by atoms with van der Waals surface area (Å²) in [6.45, 7) is 25.2. The van der Waals surface area contributed by atoms with Crippen LogP contribution in [0.5, 0.6) is 0 Å². The summed E-state index contributed by atoms with van der Waals surface area (Å²) in [5.41, 5.74) is 0. The summed E-state index contributed by atoms with van der Waals surface area (Å²) in [5.74, 6) is -0.669. The predicted molar refractivity (Wildman–Crippen MR) is 218 cm³/mol. The zero-order valence-electron chi connectivity index (χ0n) is 36.9. The van der Waals surface area contributed by atoms with Crippen LogP contribution in [0.25, 0.3) is 0 Å². The highest BCUT2D eigenvalue weighted by molar-refractivity contribution is 8.00. The smallest absolute Gasteiger partial charge is 0.315 e. The molecule has 3 amide bonds. The van der Waals surface area contributed by atoms with E-state index in [1.807, 2.05) is 11.8 Å². The molecule has 2 fully saturated rings. The number of carbonyl (C=O) groups excluding carboxylic acids is 6. The topological polar surface area (TPSA) is 248 Å². The van der Waals surface area contributed by atoms with E-state index in [0.717, 1.165) is 66.8 Å². The minimum atomic E-state index is -4.97. The number of hydrogen-bond acceptors (Lipinski definition) is 15. The van der Waals surface area contributed by atoms with E-state index in [-0.39, 0.29) is 86.5 Å². The van der Waals surface area contributed by atoms with Gasteiger partial charge in [-0.3, -0.25) is 24.0 Å². The van der Waals surface area contributed by atoms with Crippen molar-refractivity contribution in [3.8, 4) is 0 Å². The van der Waals surface area contributed by atoms with Gasteiger partial charge in [-0.05, 0) is 54.4 Å². The van der Waals surface area contributed by atoms with Gasteiger partial charge >= 0.3 is 29.9 Å². The lowest BCUT2D eigenvalue weighted by Crippen LogP contribution is -2.53. The minimum Gasteiger partial charge on any atom is -0.790 e. The van der Waals surface area contributed by atoms with Gasteiger partial charge in [0.15, 0.2) is 12.2 Å². The molecule has 0 bridgehead atoms. The second-order valence-electron chi connectivity index (χ2n) is 14.5. The first-order valence-electron chi connectivity index (χ1n) is 20.6. The van der Waals surface area contributed by atoms with Crippen molar-refractivity contribution in [2.24, 2.45) is 0 Å². The highest BCUT2D eigenvalue weighted by atomic mass is 32.2. The third-order valence-corrected chi connectivity index (χ3v) is 12.6. The molecule has 3 N–H and O–H groups in total. The molecule has 0 aliphatic carbocycles. The van der Waals surface area contributed by atoms with E-state index in [9.17, 15) is 43.1 Å². The second kappa shape index (κ2) is 29.3. The van der Waals surface area contributed by atoms with E-state index in [2.05, 4.69) is 62.0 Å². The van der Waals surface area contributed by atoms with Crippen LogP contribution in [0.1, 0.15) is 94.9 Å². The Morgan fingerprint density at radius 1 is 0.763 bits per heavy atom. The highest BCUT2D eigenvalue weighted by Gasteiger charge is 2.42. The summed E-state index contributed by atoms with van der Waals surface area (Å²) >= 11 is 1.83. The number of ether oxygens (including phenoxy) is 4. The maximum Gasteiger partial charge on any atom is 0.315 e. The van der Waals surface area contributed by atoms with Crippen LogP contribution in [-0.2, 0) is 52.0 Å². The molecule has 0 spiro atoms. The maximum atomic E-state index is 11.5. The molecule has 2 aliphatic heterocycles. The number of quaternary nitrogens is 2. The largest absolute Gasteiger partial charge is 0.790 e.